The minimum atomic E-state index is -3.94. The van der Waals surface area contributed by atoms with Gasteiger partial charge in [0.05, 0.1) is 15.9 Å². The quantitative estimate of drug-likeness (QED) is 0.626. The summed E-state index contributed by atoms with van der Waals surface area (Å²) in [5, 5.41) is 12.3. The molecule has 1 aliphatic carbocycles. The highest BCUT2D eigenvalue weighted by Gasteiger charge is 2.32. The third-order valence-corrected chi connectivity index (χ3v) is 6.97. The van der Waals surface area contributed by atoms with E-state index in [0.717, 1.165) is 49.1 Å². The van der Waals surface area contributed by atoms with Crippen LogP contribution in [-0.4, -0.2) is 24.5 Å². The van der Waals surface area contributed by atoms with Crippen LogP contribution < -0.4 is 5.32 Å². The molecule has 27 heavy (non-hydrogen) atoms. The van der Waals surface area contributed by atoms with Crippen LogP contribution in [0.4, 0.5) is 5.69 Å². The number of hydrogen-bond acceptors (Lipinski definition) is 5. The maximum absolute atomic E-state index is 12.7. The molecule has 1 N–H and O–H groups in total. The zero-order valence-corrected chi connectivity index (χ0v) is 15.6. The summed E-state index contributed by atoms with van der Waals surface area (Å²) in [5.41, 5.74) is 1.99. The van der Waals surface area contributed by atoms with Crippen molar-refractivity contribution in [3.05, 3.63) is 69.8 Å². The number of nitrogens with zero attached hydrogens (tertiary/aromatic N) is 1. The Morgan fingerprint density at radius 1 is 1.19 bits per heavy atom. The average molecular weight is 388 g/mol. The highest BCUT2D eigenvalue weighted by atomic mass is 32.2. The van der Waals surface area contributed by atoms with Crippen LogP contribution in [-0.2, 0) is 21.1 Å². The van der Waals surface area contributed by atoms with Crippen molar-refractivity contribution < 1.29 is 18.1 Å². The molecule has 0 saturated heterocycles. The minimum absolute atomic E-state index is 0.111. The predicted molar refractivity (Wildman–Crippen MR) is 100 cm³/mol. The molecular weight excluding hydrogens is 368 g/mol. The van der Waals surface area contributed by atoms with E-state index in [9.17, 15) is 23.3 Å². The molecule has 7 nitrogen and oxygen atoms in total. The summed E-state index contributed by atoms with van der Waals surface area (Å²) in [4.78, 5) is 22.6. The van der Waals surface area contributed by atoms with Gasteiger partial charge in [0.25, 0.3) is 5.69 Å². The van der Waals surface area contributed by atoms with Gasteiger partial charge < -0.3 is 5.32 Å². The number of rotatable bonds is 5. The summed E-state index contributed by atoms with van der Waals surface area (Å²) >= 11 is 0. The van der Waals surface area contributed by atoms with E-state index in [1.165, 1.54) is 12.5 Å². The number of sulfone groups is 1. The maximum atomic E-state index is 12.7. The lowest BCUT2D eigenvalue weighted by molar-refractivity contribution is -0.384. The Kier molecular flexibility index (Phi) is 5.27. The van der Waals surface area contributed by atoms with Crippen molar-refractivity contribution in [2.45, 2.75) is 42.4 Å². The molecule has 0 radical (unpaired) electrons. The van der Waals surface area contributed by atoms with Crippen LogP contribution >= 0.6 is 0 Å². The Hall–Kier alpha value is -2.74. The highest BCUT2D eigenvalue weighted by Crippen LogP contribution is 2.30. The average Bonchev–Trinajstić information content (AvgIpc) is 2.67. The van der Waals surface area contributed by atoms with Crippen molar-refractivity contribution >= 4 is 21.4 Å². The van der Waals surface area contributed by atoms with Crippen LogP contribution in [0.1, 0.15) is 36.9 Å². The van der Waals surface area contributed by atoms with E-state index in [4.69, 9.17) is 0 Å². The lowest BCUT2D eigenvalue weighted by Gasteiger charge is -2.27. The van der Waals surface area contributed by atoms with E-state index in [-0.39, 0.29) is 16.6 Å². The number of nitro benzene ring substituents is 1. The van der Waals surface area contributed by atoms with E-state index in [1.807, 2.05) is 24.3 Å². The number of nitro groups is 1. The van der Waals surface area contributed by atoms with Crippen LogP contribution in [0.25, 0.3) is 0 Å². The van der Waals surface area contributed by atoms with Gasteiger partial charge in [0.2, 0.25) is 5.91 Å². The first kappa shape index (κ1) is 19.0. The van der Waals surface area contributed by atoms with Gasteiger partial charge in [0.15, 0.2) is 9.84 Å². The summed E-state index contributed by atoms with van der Waals surface area (Å²) in [6.45, 7) is 1.33. The van der Waals surface area contributed by atoms with Crippen LogP contribution in [0.3, 0.4) is 0 Å². The zero-order chi connectivity index (χ0) is 19.6. The SMILES string of the molecule is C[C@@H](C(=O)N[C@@H]1CCCc2ccccc21)S(=O)(=O)c1ccc([N+](=O)[O-])cc1. The van der Waals surface area contributed by atoms with E-state index in [1.54, 1.807) is 0 Å². The molecule has 3 rings (SSSR count). The minimum Gasteiger partial charge on any atom is -0.348 e. The summed E-state index contributed by atoms with van der Waals surface area (Å²) in [5.74, 6) is -0.574. The van der Waals surface area contributed by atoms with E-state index < -0.39 is 25.9 Å². The van der Waals surface area contributed by atoms with E-state index in [0.29, 0.717) is 0 Å². The Morgan fingerprint density at radius 3 is 2.52 bits per heavy atom. The molecule has 2 aromatic rings. The Balaban J connectivity index is 1.78. The topological polar surface area (TPSA) is 106 Å². The Bertz CT molecular complexity index is 970. The fourth-order valence-corrected chi connectivity index (χ4v) is 4.57. The van der Waals surface area contributed by atoms with Gasteiger partial charge in [0.1, 0.15) is 5.25 Å². The molecule has 0 fully saturated rings. The van der Waals surface area contributed by atoms with Crippen molar-refractivity contribution in [1.82, 2.24) is 5.32 Å². The van der Waals surface area contributed by atoms with Gasteiger partial charge >= 0.3 is 0 Å². The number of carbonyl (C=O) groups is 1. The molecule has 1 aliphatic rings. The molecule has 0 saturated carbocycles. The largest absolute Gasteiger partial charge is 0.348 e. The highest BCUT2D eigenvalue weighted by molar-refractivity contribution is 7.92. The number of hydrogen-bond donors (Lipinski definition) is 1. The lowest BCUT2D eigenvalue weighted by atomic mass is 9.88. The van der Waals surface area contributed by atoms with Gasteiger partial charge in [-0.1, -0.05) is 24.3 Å². The second kappa shape index (κ2) is 7.48. The molecule has 142 valence electrons. The van der Waals surface area contributed by atoms with Gasteiger partial charge in [0, 0.05) is 12.1 Å². The maximum Gasteiger partial charge on any atom is 0.269 e. The van der Waals surface area contributed by atoms with Crippen molar-refractivity contribution in [3.8, 4) is 0 Å². The first-order chi connectivity index (χ1) is 12.8. The Labute approximate surface area is 157 Å². The second-order valence-corrected chi connectivity index (χ2v) is 8.86. The Morgan fingerprint density at radius 2 is 1.85 bits per heavy atom. The molecule has 2 aromatic carbocycles. The molecule has 0 aromatic heterocycles. The smallest absolute Gasteiger partial charge is 0.269 e. The summed E-state index contributed by atoms with van der Waals surface area (Å²) in [7, 11) is -3.94. The number of nitrogens with one attached hydrogen (secondary N) is 1. The number of aryl methyl sites for hydroxylation is 1. The number of carbonyl (C=O) groups excluding carboxylic acids is 1. The number of amides is 1. The van der Waals surface area contributed by atoms with Gasteiger partial charge in [-0.2, -0.15) is 0 Å². The van der Waals surface area contributed by atoms with E-state index >= 15 is 0 Å². The molecule has 0 aliphatic heterocycles. The summed E-state index contributed by atoms with van der Waals surface area (Å²) < 4.78 is 25.4. The monoisotopic (exact) mass is 388 g/mol. The molecular formula is C19H20N2O5S. The fraction of sp³-hybridized carbons (Fsp3) is 0.316. The predicted octanol–water partition coefficient (Wildman–Crippen LogP) is 2.95. The second-order valence-electron chi connectivity index (χ2n) is 6.59. The summed E-state index contributed by atoms with van der Waals surface area (Å²) in [6, 6.07) is 12.2. The van der Waals surface area contributed by atoms with Gasteiger partial charge in [-0.15, -0.1) is 0 Å². The number of benzene rings is 2. The third-order valence-electron chi connectivity index (χ3n) is 4.90. The molecule has 0 unspecified atom stereocenters. The molecule has 0 spiro atoms. The standard InChI is InChI=1S/C19H20N2O5S/c1-13(27(25,26)16-11-9-15(10-12-16)21(23)24)19(22)20-18-8-4-6-14-5-2-3-7-17(14)18/h2-3,5,7,9-13,18H,4,6,8H2,1H3,(H,20,22)/t13-,18+/m0/s1. The van der Waals surface area contributed by atoms with Crippen molar-refractivity contribution in [2.75, 3.05) is 0 Å². The van der Waals surface area contributed by atoms with Gasteiger partial charge in [-0.3, -0.25) is 14.9 Å². The molecule has 0 heterocycles. The van der Waals surface area contributed by atoms with Crippen molar-refractivity contribution in [2.24, 2.45) is 0 Å². The van der Waals surface area contributed by atoms with Crippen LogP contribution in [0.15, 0.2) is 53.4 Å². The van der Waals surface area contributed by atoms with Gasteiger partial charge in [-0.05, 0) is 49.4 Å². The molecule has 8 heteroatoms. The molecule has 2 atom stereocenters. The van der Waals surface area contributed by atoms with Crippen molar-refractivity contribution in [1.29, 1.82) is 0 Å². The van der Waals surface area contributed by atoms with Crippen molar-refractivity contribution in [3.63, 3.8) is 0 Å². The molecule has 1 amide bonds. The van der Waals surface area contributed by atoms with Gasteiger partial charge in [-0.25, -0.2) is 8.42 Å². The number of fused-ring (bicyclic) bond motifs is 1. The van der Waals surface area contributed by atoms with Crippen LogP contribution in [0, 0.1) is 10.1 Å². The third kappa shape index (κ3) is 3.85. The normalized spacial score (nSPS) is 17.6. The zero-order valence-electron chi connectivity index (χ0n) is 14.8. The van der Waals surface area contributed by atoms with Crippen LogP contribution in [0.2, 0.25) is 0 Å². The molecule has 0 bridgehead atoms. The van der Waals surface area contributed by atoms with Crippen LogP contribution in [0.5, 0.6) is 0 Å². The first-order valence-corrected chi connectivity index (χ1v) is 10.2. The fourth-order valence-electron chi connectivity index (χ4n) is 3.30. The first-order valence-electron chi connectivity index (χ1n) is 8.67. The lowest BCUT2D eigenvalue weighted by Crippen LogP contribution is -2.40. The number of non-ortho nitro benzene ring substituents is 1. The summed E-state index contributed by atoms with van der Waals surface area (Å²) in [6.07, 6.45) is 2.62. The van der Waals surface area contributed by atoms with E-state index in [2.05, 4.69) is 5.32 Å².